The molecule has 0 N–H and O–H groups in total. The first-order valence-electron chi connectivity index (χ1n) is 8.29. The first kappa shape index (κ1) is 16.3. The van der Waals surface area contributed by atoms with Gasteiger partial charge in [0.15, 0.2) is 0 Å². The number of amides is 2. The lowest BCUT2D eigenvalue weighted by Gasteiger charge is -2.24. The number of likely N-dealkylation sites (tertiary alicyclic amines) is 2. The zero-order chi connectivity index (χ0) is 15.2. The van der Waals surface area contributed by atoms with Crippen molar-refractivity contribution in [2.75, 3.05) is 46.8 Å². The Labute approximate surface area is 128 Å². The Balaban J connectivity index is 1.81. The maximum atomic E-state index is 12.6. The molecule has 0 aromatic rings. The highest BCUT2D eigenvalue weighted by Crippen LogP contribution is 2.22. The summed E-state index contributed by atoms with van der Waals surface area (Å²) < 4.78 is 0. The number of carbonyl (C=O) groups excluding carboxylic acids is 2. The minimum atomic E-state index is -0.102. The van der Waals surface area contributed by atoms with Crippen LogP contribution in [0.3, 0.4) is 0 Å². The average Bonchev–Trinajstić information content (AvgIpc) is 2.67. The summed E-state index contributed by atoms with van der Waals surface area (Å²) in [5, 5.41) is 0. The maximum absolute atomic E-state index is 12.6. The van der Waals surface area contributed by atoms with Crippen LogP contribution < -0.4 is 0 Å². The fourth-order valence-corrected chi connectivity index (χ4v) is 3.28. The summed E-state index contributed by atoms with van der Waals surface area (Å²) in [7, 11) is 4.08. The summed E-state index contributed by atoms with van der Waals surface area (Å²) in [6.45, 7) is 4.14. The van der Waals surface area contributed by atoms with Crippen LogP contribution in [0, 0.1) is 5.92 Å². The Hall–Kier alpha value is -1.10. The van der Waals surface area contributed by atoms with Crippen LogP contribution in [0.5, 0.6) is 0 Å². The van der Waals surface area contributed by atoms with E-state index in [4.69, 9.17) is 0 Å². The van der Waals surface area contributed by atoms with Gasteiger partial charge < -0.3 is 14.7 Å². The molecule has 2 saturated heterocycles. The molecule has 5 nitrogen and oxygen atoms in total. The predicted octanol–water partition coefficient (Wildman–Crippen LogP) is 1.19. The van der Waals surface area contributed by atoms with E-state index in [2.05, 4.69) is 4.90 Å². The van der Waals surface area contributed by atoms with E-state index < -0.39 is 0 Å². The van der Waals surface area contributed by atoms with Crippen molar-refractivity contribution in [3.05, 3.63) is 0 Å². The highest BCUT2D eigenvalue weighted by molar-refractivity contribution is 5.89. The van der Waals surface area contributed by atoms with Crippen molar-refractivity contribution in [2.45, 2.75) is 38.5 Å². The third-order valence-electron chi connectivity index (χ3n) is 4.51. The Kier molecular flexibility index (Phi) is 6.03. The van der Waals surface area contributed by atoms with Crippen LogP contribution in [0.15, 0.2) is 0 Å². The van der Waals surface area contributed by atoms with E-state index in [0.717, 1.165) is 45.4 Å². The minimum Gasteiger partial charge on any atom is -0.342 e. The molecule has 0 aromatic heterocycles. The standard InChI is InChI=1S/C16H29N3O2/c1-17(2)8-7-11-19-13-14(12-15(19)20)16(21)18-9-5-3-4-6-10-18/h14H,3-13H2,1-2H3. The van der Waals surface area contributed by atoms with Crippen molar-refractivity contribution < 1.29 is 9.59 Å². The van der Waals surface area contributed by atoms with Crippen LogP contribution in [0.4, 0.5) is 0 Å². The van der Waals surface area contributed by atoms with Crippen molar-refractivity contribution in [3.63, 3.8) is 0 Å². The fraction of sp³-hybridized carbons (Fsp3) is 0.875. The summed E-state index contributed by atoms with van der Waals surface area (Å²) >= 11 is 0. The van der Waals surface area contributed by atoms with E-state index in [1.807, 2.05) is 23.9 Å². The molecule has 1 unspecified atom stereocenters. The molecule has 1 atom stereocenters. The second kappa shape index (κ2) is 7.78. The SMILES string of the molecule is CN(C)CCCN1CC(C(=O)N2CCCCCC2)CC1=O. The molecule has 5 heteroatoms. The fourth-order valence-electron chi connectivity index (χ4n) is 3.28. The quantitative estimate of drug-likeness (QED) is 0.765. The van der Waals surface area contributed by atoms with E-state index in [1.54, 1.807) is 0 Å². The van der Waals surface area contributed by atoms with Gasteiger partial charge in [0.2, 0.25) is 11.8 Å². The Morgan fingerprint density at radius 3 is 2.48 bits per heavy atom. The van der Waals surface area contributed by atoms with Gasteiger partial charge in [-0.15, -0.1) is 0 Å². The molecule has 2 heterocycles. The monoisotopic (exact) mass is 295 g/mol. The van der Waals surface area contributed by atoms with E-state index in [-0.39, 0.29) is 17.7 Å². The first-order valence-corrected chi connectivity index (χ1v) is 8.29. The molecule has 21 heavy (non-hydrogen) atoms. The molecule has 120 valence electrons. The summed E-state index contributed by atoms with van der Waals surface area (Å²) in [6.07, 6.45) is 6.06. The van der Waals surface area contributed by atoms with Crippen LogP contribution in [0.1, 0.15) is 38.5 Å². The van der Waals surface area contributed by atoms with Gasteiger partial charge in [0.05, 0.1) is 5.92 Å². The van der Waals surface area contributed by atoms with Crippen LogP contribution in [0.25, 0.3) is 0 Å². The minimum absolute atomic E-state index is 0.102. The lowest BCUT2D eigenvalue weighted by Crippen LogP contribution is -2.38. The van der Waals surface area contributed by atoms with E-state index in [1.165, 1.54) is 12.8 Å². The van der Waals surface area contributed by atoms with Crippen molar-refractivity contribution in [1.29, 1.82) is 0 Å². The summed E-state index contributed by atoms with van der Waals surface area (Å²) in [5.41, 5.74) is 0. The average molecular weight is 295 g/mol. The lowest BCUT2D eigenvalue weighted by atomic mass is 10.1. The molecule has 2 rings (SSSR count). The number of rotatable bonds is 5. The topological polar surface area (TPSA) is 43.9 Å². The molecule has 2 fully saturated rings. The molecule has 0 aromatic carbocycles. The van der Waals surface area contributed by atoms with Gasteiger partial charge in [-0.1, -0.05) is 12.8 Å². The van der Waals surface area contributed by atoms with Gasteiger partial charge in [-0.25, -0.2) is 0 Å². The third kappa shape index (κ3) is 4.70. The number of hydrogen-bond acceptors (Lipinski definition) is 3. The van der Waals surface area contributed by atoms with E-state index >= 15 is 0 Å². The van der Waals surface area contributed by atoms with Crippen molar-refractivity contribution in [2.24, 2.45) is 5.92 Å². The molecule has 2 aliphatic heterocycles. The van der Waals surface area contributed by atoms with Gasteiger partial charge in [0, 0.05) is 32.6 Å². The second-order valence-electron chi connectivity index (χ2n) is 6.64. The molecule has 2 aliphatic rings. The number of nitrogens with zero attached hydrogens (tertiary/aromatic N) is 3. The van der Waals surface area contributed by atoms with Gasteiger partial charge in [-0.2, -0.15) is 0 Å². The van der Waals surface area contributed by atoms with Crippen molar-refractivity contribution in [3.8, 4) is 0 Å². The third-order valence-corrected chi connectivity index (χ3v) is 4.51. The van der Waals surface area contributed by atoms with Gasteiger partial charge >= 0.3 is 0 Å². The van der Waals surface area contributed by atoms with Gasteiger partial charge in [0.25, 0.3) is 0 Å². The molecule has 0 aliphatic carbocycles. The molecule has 0 saturated carbocycles. The Bertz CT molecular complexity index is 363. The molecular formula is C16H29N3O2. The highest BCUT2D eigenvalue weighted by Gasteiger charge is 2.36. The number of hydrogen-bond donors (Lipinski definition) is 0. The lowest BCUT2D eigenvalue weighted by molar-refractivity contribution is -0.135. The van der Waals surface area contributed by atoms with Crippen molar-refractivity contribution in [1.82, 2.24) is 14.7 Å². The van der Waals surface area contributed by atoms with Crippen molar-refractivity contribution >= 4 is 11.8 Å². The van der Waals surface area contributed by atoms with Gasteiger partial charge in [0.1, 0.15) is 0 Å². The zero-order valence-corrected chi connectivity index (χ0v) is 13.5. The summed E-state index contributed by atoms with van der Waals surface area (Å²) in [6, 6.07) is 0. The second-order valence-corrected chi connectivity index (χ2v) is 6.64. The number of carbonyl (C=O) groups is 2. The largest absolute Gasteiger partial charge is 0.342 e. The van der Waals surface area contributed by atoms with E-state index in [0.29, 0.717) is 13.0 Å². The summed E-state index contributed by atoms with van der Waals surface area (Å²) in [5.74, 6) is 0.261. The highest BCUT2D eigenvalue weighted by atomic mass is 16.2. The Morgan fingerprint density at radius 2 is 1.86 bits per heavy atom. The first-order chi connectivity index (χ1) is 10.1. The zero-order valence-electron chi connectivity index (χ0n) is 13.5. The molecule has 2 amide bonds. The van der Waals surface area contributed by atoms with Crippen LogP contribution >= 0.6 is 0 Å². The molecular weight excluding hydrogens is 266 g/mol. The van der Waals surface area contributed by atoms with Crippen LogP contribution in [0.2, 0.25) is 0 Å². The van der Waals surface area contributed by atoms with E-state index in [9.17, 15) is 9.59 Å². The molecule has 0 spiro atoms. The molecule has 0 radical (unpaired) electrons. The summed E-state index contributed by atoms with van der Waals surface area (Å²) in [4.78, 5) is 30.6. The van der Waals surface area contributed by atoms with Gasteiger partial charge in [-0.05, 0) is 39.9 Å². The predicted molar refractivity (Wildman–Crippen MR) is 82.9 cm³/mol. The van der Waals surface area contributed by atoms with Crippen LogP contribution in [-0.4, -0.2) is 73.3 Å². The van der Waals surface area contributed by atoms with Crippen LogP contribution in [-0.2, 0) is 9.59 Å². The Morgan fingerprint density at radius 1 is 1.19 bits per heavy atom. The molecule has 0 bridgehead atoms. The maximum Gasteiger partial charge on any atom is 0.227 e. The van der Waals surface area contributed by atoms with Gasteiger partial charge in [-0.3, -0.25) is 9.59 Å². The normalized spacial score (nSPS) is 23.8. The smallest absolute Gasteiger partial charge is 0.227 e.